The zero-order chi connectivity index (χ0) is 18.0. The molecule has 128 valence electrons. The van der Waals surface area contributed by atoms with E-state index in [0.717, 1.165) is 10.9 Å². The van der Waals surface area contributed by atoms with Gasteiger partial charge in [-0.3, -0.25) is 4.79 Å². The number of nitrogens with one attached hydrogen (secondary N) is 1. The Kier molecular flexibility index (Phi) is 4.43. The van der Waals surface area contributed by atoms with Gasteiger partial charge in [0.05, 0.1) is 7.11 Å². The molecular weight excluding hydrogens is 322 g/mol. The first-order valence-corrected chi connectivity index (χ1v) is 7.69. The second kappa shape index (κ2) is 6.68. The topological polar surface area (TPSA) is 88.6 Å². The molecule has 0 aliphatic rings. The molecule has 3 aromatic rings. The van der Waals surface area contributed by atoms with E-state index in [9.17, 15) is 14.7 Å². The zero-order valence-electron chi connectivity index (χ0n) is 13.8. The third-order valence-electron chi connectivity index (χ3n) is 3.93. The first-order chi connectivity index (χ1) is 12.0. The summed E-state index contributed by atoms with van der Waals surface area (Å²) in [6.07, 6.45) is 0.595. The Morgan fingerprint density at radius 1 is 1.12 bits per heavy atom. The first-order valence-electron chi connectivity index (χ1n) is 7.69. The fraction of sp³-hybridized carbons (Fsp3) is 0.158. The van der Waals surface area contributed by atoms with Gasteiger partial charge in [-0.2, -0.15) is 0 Å². The highest BCUT2D eigenvalue weighted by atomic mass is 16.5. The molecule has 1 atom stereocenters. The second-order valence-electron chi connectivity index (χ2n) is 5.54. The Morgan fingerprint density at radius 3 is 2.64 bits per heavy atom. The summed E-state index contributed by atoms with van der Waals surface area (Å²) in [5.74, 6) is -0.955. The van der Waals surface area contributed by atoms with Crippen molar-refractivity contribution < 1.29 is 24.2 Å². The molecule has 25 heavy (non-hydrogen) atoms. The summed E-state index contributed by atoms with van der Waals surface area (Å²) in [4.78, 5) is 27.9. The molecule has 0 spiro atoms. The molecule has 0 saturated heterocycles. The molecule has 3 rings (SSSR count). The molecule has 0 radical (unpaired) electrons. The highest BCUT2D eigenvalue weighted by Gasteiger charge is 2.24. The van der Waals surface area contributed by atoms with Crippen LogP contribution in [-0.4, -0.2) is 35.1 Å². The van der Waals surface area contributed by atoms with Gasteiger partial charge in [0.15, 0.2) is 6.10 Å². The van der Waals surface area contributed by atoms with Crippen molar-refractivity contribution in [2.45, 2.75) is 13.0 Å². The molecule has 2 N–H and O–H groups in total. The van der Waals surface area contributed by atoms with E-state index in [1.807, 2.05) is 24.3 Å². The molecule has 0 aliphatic carbocycles. The van der Waals surface area contributed by atoms with Crippen LogP contribution in [0.5, 0.6) is 11.5 Å². The van der Waals surface area contributed by atoms with E-state index >= 15 is 0 Å². The van der Waals surface area contributed by atoms with Crippen molar-refractivity contribution in [3.05, 3.63) is 59.8 Å². The summed E-state index contributed by atoms with van der Waals surface area (Å²) >= 11 is 0. The Labute approximate surface area is 144 Å². The van der Waals surface area contributed by atoms with Gasteiger partial charge in [-0.25, -0.2) is 4.79 Å². The number of aromatic nitrogens is 1. The average Bonchev–Trinajstić information content (AvgIpc) is 3.05. The Balaban J connectivity index is 1.81. The van der Waals surface area contributed by atoms with Crippen LogP contribution in [0.3, 0.4) is 0 Å². The van der Waals surface area contributed by atoms with Gasteiger partial charge in [-0.05, 0) is 31.2 Å². The standard InChI is InChI=1S/C19H17NO5/c1-11(18(22)15-10-20-16-6-4-3-5-13(15)16)25-19(23)14-9-12(24-2)7-8-17(14)21/h3-11,20-21H,1-2H3/t11-/m0/s1. The second-order valence-corrected chi connectivity index (χ2v) is 5.54. The van der Waals surface area contributed by atoms with Gasteiger partial charge in [0.25, 0.3) is 0 Å². The smallest absolute Gasteiger partial charge is 0.342 e. The Bertz CT molecular complexity index is 944. The van der Waals surface area contributed by atoms with Gasteiger partial charge in [0, 0.05) is 22.7 Å². The number of para-hydroxylation sites is 1. The SMILES string of the molecule is COc1ccc(O)c(C(=O)O[C@@H](C)C(=O)c2c[nH]c3ccccc23)c1. The molecule has 1 aromatic heterocycles. The van der Waals surface area contributed by atoms with Gasteiger partial charge in [0.2, 0.25) is 5.78 Å². The number of ketones is 1. The normalized spacial score (nSPS) is 11.9. The average molecular weight is 339 g/mol. The Hall–Kier alpha value is -3.28. The fourth-order valence-electron chi connectivity index (χ4n) is 2.58. The van der Waals surface area contributed by atoms with Crippen LogP contribution in [0, 0.1) is 0 Å². The van der Waals surface area contributed by atoms with Crippen molar-refractivity contribution >= 4 is 22.7 Å². The highest BCUT2D eigenvalue weighted by molar-refractivity contribution is 6.10. The van der Waals surface area contributed by atoms with Crippen molar-refractivity contribution in [2.24, 2.45) is 0 Å². The number of fused-ring (bicyclic) bond motifs is 1. The third-order valence-corrected chi connectivity index (χ3v) is 3.93. The summed E-state index contributed by atoms with van der Waals surface area (Å²) < 4.78 is 10.3. The summed E-state index contributed by atoms with van der Waals surface area (Å²) in [6, 6.07) is 11.6. The number of carbonyl (C=O) groups is 2. The lowest BCUT2D eigenvalue weighted by Gasteiger charge is -2.13. The van der Waals surface area contributed by atoms with Crippen LogP contribution in [-0.2, 0) is 4.74 Å². The van der Waals surface area contributed by atoms with Gasteiger partial charge < -0.3 is 19.6 Å². The molecule has 6 nitrogen and oxygen atoms in total. The van der Waals surface area contributed by atoms with Crippen LogP contribution in [0.2, 0.25) is 0 Å². The molecule has 0 unspecified atom stereocenters. The minimum absolute atomic E-state index is 0.0575. The van der Waals surface area contributed by atoms with Gasteiger partial charge in [-0.1, -0.05) is 18.2 Å². The molecule has 6 heteroatoms. The van der Waals surface area contributed by atoms with Gasteiger partial charge >= 0.3 is 5.97 Å². The number of aromatic amines is 1. The number of hydrogen-bond donors (Lipinski definition) is 2. The lowest BCUT2D eigenvalue weighted by atomic mass is 10.1. The molecule has 0 amide bonds. The number of methoxy groups -OCH3 is 1. The lowest BCUT2D eigenvalue weighted by molar-refractivity contribution is 0.0316. The van der Waals surface area contributed by atoms with Crippen LogP contribution >= 0.6 is 0 Å². The zero-order valence-corrected chi connectivity index (χ0v) is 13.8. The molecule has 1 heterocycles. The van der Waals surface area contributed by atoms with Gasteiger partial charge in [0.1, 0.15) is 17.1 Å². The van der Waals surface area contributed by atoms with E-state index in [-0.39, 0.29) is 17.1 Å². The first kappa shape index (κ1) is 16.6. The van der Waals surface area contributed by atoms with E-state index < -0.39 is 12.1 Å². The molecule has 0 aliphatic heterocycles. The maximum atomic E-state index is 12.6. The Morgan fingerprint density at radius 2 is 1.88 bits per heavy atom. The largest absolute Gasteiger partial charge is 0.507 e. The number of Topliss-reactive ketones (excluding diaryl/α,β-unsaturated/α-hetero) is 1. The van der Waals surface area contributed by atoms with Crippen LogP contribution in [0.15, 0.2) is 48.7 Å². The fourth-order valence-corrected chi connectivity index (χ4v) is 2.58. The van der Waals surface area contributed by atoms with Crippen molar-refractivity contribution in [2.75, 3.05) is 7.11 Å². The molecule has 2 aromatic carbocycles. The number of rotatable bonds is 5. The third kappa shape index (κ3) is 3.19. The minimum atomic E-state index is -1.00. The molecule has 0 saturated carbocycles. The maximum absolute atomic E-state index is 12.6. The van der Waals surface area contributed by atoms with Crippen molar-refractivity contribution in [1.29, 1.82) is 0 Å². The number of aromatic hydroxyl groups is 1. The maximum Gasteiger partial charge on any atom is 0.342 e. The van der Waals surface area contributed by atoms with E-state index in [1.165, 1.54) is 32.2 Å². The summed E-state index contributed by atoms with van der Waals surface area (Å²) in [5, 5.41) is 10.6. The van der Waals surface area contributed by atoms with Crippen molar-refractivity contribution in [1.82, 2.24) is 4.98 Å². The quantitative estimate of drug-likeness (QED) is 0.550. The molecular formula is C19H17NO5. The van der Waals surface area contributed by atoms with Crippen LogP contribution in [0.1, 0.15) is 27.6 Å². The number of ether oxygens (including phenoxy) is 2. The summed E-state index contributed by atoms with van der Waals surface area (Å²) in [5.41, 5.74) is 1.22. The van der Waals surface area contributed by atoms with E-state index in [0.29, 0.717) is 11.3 Å². The monoisotopic (exact) mass is 339 g/mol. The van der Waals surface area contributed by atoms with Crippen molar-refractivity contribution in [3.63, 3.8) is 0 Å². The number of benzene rings is 2. The summed E-state index contributed by atoms with van der Waals surface area (Å²) in [7, 11) is 1.45. The van der Waals surface area contributed by atoms with E-state index in [4.69, 9.17) is 9.47 Å². The van der Waals surface area contributed by atoms with Crippen molar-refractivity contribution in [3.8, 4) is 11.5 Å². The summed E-state index contributed by atoms with van der Waals surface area (Å²) in [6.45, 7) is 1.50. The number of carbonyl (C=O) groups excluding carboxylic acids is 2. The van der Waals surface area contributed by atoms with E-state index in [1.54, 1.807) is 6.20 Å². The van der Waals surface area contributed by atoms with Crippen LogP contribution < -0.4 is 4.74 Å². The van der Waals surface area contributed by atoms with Crippen LogP contribution in [0.4, 0.5) is 0 Å². The number of phenolic OH excluding ortho intramolecular Hbond substituents is 1. The number of phenols is 1. The lowest BCUT2D eigenvalue weighted by Crippen LogP contribution is -2.24. The number of H-pyrrole nitrogens is 1. The highest BCUT2D eigenvalue weighted by Crippen LogP contribution is 2.25. The predicted molar refractivity (Wildman–Crippen MR) is 92.2 cm³/mol. The number of hydrogen-bond acceptors (Lipinski definition) is 5. The van der Waals surface area contributed by atoms with Gasteiger partial charge in [-0.15, -0.1) is 0 Å². The molecule has 0 fully saturated rings. The predicted octanol–water partition coefficient (Wildman–Crippen LogP) is 3.31. The van der Waals surface area contributed by atoms with E-state index in [2.05, 4.69) is 4.98 Å². The number of esters is 1. The minimum Gasteiger partial charge on any atom is -0.507 e. The van der Waals surface area contributed by atoms with Crippen LogP contribution in [0.25, 0.3) is 10.9 Å². The molecule has 0 bridgehead atoms.